The Balaban J connectivity index is 0.000000686. The van der Waals surface area contributed by atoms with E-state index in [-0.39, 0.29) is 0 Å². The van der Waals surface area contributed by atoms with Crippen LogP contribution in [-0.2, 0) is 4.79 Å². The van der Waals surface area contributed by atoms with Crippen LogP contribution in [0.1, 0.15) is 20.3 Å². The molecule has 0 radical (unpaired) electrons. The lowest BCUT2D eigenvalue weighted by Crippen LogP contribution is -2.17. The summed E-state index contributed by atoms with van der Waals surface area (Å²) < 4.78 is 37.5. The van der Waals surface area contributed by atoms with Crippen molar-refractivity contribution in [1.82, 2.24) is 0 Å². The predicted octanol–water partition coefficient (Wildman–Crippen LogP) is 3.45. The second-order valence-electron chi connectivity index (χ2n) is 3.51. The van der Waals surface area contributed by atoms with E-state index < -0.39 is 30.0 Å². The van der Waals surface area contributed by atoms with Gasteiger partial charge in [-0.15, -0.1) is 0 Å². The second-order valence-corrected chi connectivity index (χ2v) is 3.51. The second kappa shape index (κ2) is 5.21. The molecular formula is C12H14F3NO. The molecule has 0 bridgehead atoms. The van der Waals surface area contributed by atoms with Crippen LogP contribution in [0, 0.1) is 11.7 Å². The van der Waals surface area contributed by atoms with Crippen LogP contribution in [0.3, 0.4) is 0 Å². The Morgan fingerprint density at radius 1 is 1.29 bits per heavy atom. The van der Waals surface area contributed by atoms with E-state index in [4.69, 9.17) is 0 Å². The lowest BCUT2D eigenvalue weighted by molar-refractivity contribution is -0.119. The highest BCUT2D eigenvalue weighted by Gasteiger charge is 2.61. The van der Waals surface area contributed by atoms with Crippen molar-refractivity contribution in [3.05, 3.63) is 30.1 Å². The molecule has 1 aromatic rings. The maximum absolute atomic E-state index is 12.5. The standard InChI is InChI=1S/C10H8F3NO.C2H6/c11-6-1-3-7(4-2-6)14-9(15)8-5-10(8,12)13;1-2/h1-4,8H,5H2,(H,14,15);1-2H3. The molecule has 94 valence electrons. The fourth-order valence-electron chi connectivity index (χ4n) is 1.26. The average molecular weight is 245 g/mol. The summed E-state index contributed by atoms with van der Waals surface area (Å²) in [5, 5.41) is 2.30. The molecule has 0 spiro atoms. The summed E-state index contributed by atoms with van der Waals surface area (Å²) in [5.41, 5.74) is 0.323. The van der Waals surface area contributed by atoms with Crippen molar-refractivity contribution in [2.24, 2.45) is 5.92 Å². The molecule has 1 aromatic carbocycles. The molecule has 1 N–H and O–H groups in total. The first kappa shape index (κ1) is 13.5. The minimum Gasteiger partial charge on any atom is -0.326 e. The molecule has 1 fully saturated rings. The van der Waals surface area contributed by atoms with Crippen LogP contribution in [0.25, 0.3) is 0 Å². The Kier molecular flexibility index (Phi) is 4.15. The maximum atomic E-state index is 12.5. The average Bonchev–Trinajstić information content (AvgIpc) is 2.94. The molecule has 1 aliphatic carbocycles. The zero-order chi connectivity index (χ0) is 13.1. The van der Waals surface area contributed by atoms with E-state index in [2.05, 4.69) is 5.32 Å². The van der Waals surface area contributed by atoms with E-state index in [1.165, 1.54) is 12.1 Å². The third-order valence-electron chi connectivity index (χ3n) is 2.25. The van der Waals surface area contributed by atoms with Crippen LogP contribution in [0.5, 0.6) is 0 Å². The monoisotopic (exact) mass is 245 g/mol. The van der Waals surface area contributed by atoms with Crippen molar-refractivity contribution in [3.8, 4) is 0 Å². The molecule has 1 aliphatic rings. The van der Waals surface area contributed by atoms with Crippen molar-refractivity contribution >= 4 is 11.6 Å². The third-order valence-corrected chi connectivity index (χ3v) is 2.25. The predicted molar refractivity (Wildman–Crippen MR) is 59.4 cm³/mol. The fourth-order valence-corrected chi connectivity index (χ4v) is 1.26. The SMILES string of the molecule is CC.O=C(Nc1ccc(F)cc1)C1CC1(F)F. The topological polar surface area (TPSA) is 29.1 Å². The van der Waals surface area contributed by atoms with Gasteiger partial charge in [-0.05, 0) is 24.3 Å². The van der Waals surface area contributed by atoms with Gasteiger partial charge < -0.3 is 5.32 Å². The van der Waals surface area contributed by atoms with Gasteiger partial charge in [0, 0.05) is 12.1 Å². The molecule has 1 saturated carbocycles. The number of anilines is 1. The number of carbonyl (C=O) groups excluding carboxylic acids is 1. The highest BCUT2D eigenvalue weighted by atomic mass is 19.3. The number of hydrogen-bond donors (Lipinski definition) is 1. The molecule has 1 amide bonds. The van der Waals surface area contributed by atoms with Crippen molar-refractivity contribution in [3.63, 3.8) is 0 Å². The number of alkyl halides is 2. The van der Waals surface area contributed by atoms with Gasteiger partial charge in [0.05, 0.1) is 0 Å². The number of amides is 1. The summed E-state index contributed by atoms with van der Waals surface area (Å²) >= 11 is 0. The number of nitrogens with one attached hydrogen (secondary N) is 1. The Bertz CT molecular complexity index is 389. The molecule has 17 heavy (non-hydrogen) atoms. The first-order valence-corrected chi connectivity index (χ1v) is 5.43. The molecule has 2 rings (SSSR count). The molecule has 1 atom stereocenters. The van der Waals surface area contributed by atoms with Gasteiger partial charge in [0.1, 0.15) is 11.7 Å². The number of halogens is 3. The van der Waals surface area contributed by atoms with E-state index >= 15 is 0 Å². The normalized spacial score (nSPS) is 19.9. The van der Waals surface area contributed by atoms with E-state index in [0.29, 0.717) is 5.69 Å². The smallest absolute Gasteiger partial charge is 0.260 e. The van der Waals surface area contributed by atoms with Crippen LogP contribution >= 0.6 is 0 Å². The van der Waals surface area contributed by atoms with Crippen LogP contribution < -0.4 is 5.32 Å². The van der Waals surface area contributed by atoms with Crippen molar-refractivity contribution in [2.45, 2.75) is 26.2 Å². The van der Waals surface area contributed by atoms with Gasteiger partial charge in [0.25, 0.3) is 5.92 Å². The zero-order valence-corrected chi connectivity index (χ0v) is 9.64. The quantitative estimate of drug-likeness (QED) is 0.849. The molecular weight excluding hydrogens is 231 g/mol. The number of hydrogen-bond acceptors (Lipinski definition) is 1. The first-order valence-electron chi connectivity index (χ1n) is 5.43. The van der Waals surface area contributed by atoms with Crippen molar-refractivity contribution in [1.29, 1.82) is 0 Å². The molecule has 0 saturated heterocycles. The summed E-state index contributed by atoms with van der Waals surface area (Å²) in [6.07, 6.45) is -0.403. The number of carbonyl (C=O) groups is 1. The highest BCUT2D eigenvalue weighted by molar-refractivity contribution is 5.95. The van der Waals surface area contributed by atoms with Gasteiger partial charge in [-0.3, -0.25) is 4.79 Å². The highest BCUT2D eigenvalue weighted by Crippen LogP contribution is 2.49. The zero-order valence-electron chi connectivity index (χ0n) is 9.64. The molecule has 1 unspecified atom stereocenters. The van der Waals surface area contributed by atoms with E-state index in [9.17, 15) is 18.0 Å². The van der Waals surface area contributed by atoms with Crippen molar-refractivity contribution in [2.75, 3.05) is 5.32 Å². The largest absolute Gasteiger partial charge is 0.326 e. The summed E-state index contributed by atoms with van der Waals surface area (Å²) in [7, 11) is 0. The Morgan fingerprint density at radius 3 is 2.18 bits per heavy atom. The van der Waals surface area contributed by atoms with E-state index in [1.54, 1.807) is 0 Å². The van der Waals surface area contributed by atoms with Gasteiger partial charge in [-0.1, -0.05) is 13.8 Å². The lowest BCUT2D eigenvalue weighted by atomic mass is 10.3. The molecule has 0 heterocycles. The van der Waals surface area contributed by atoms with Crippen molar-refractivity contribution < 1.29 is 18.0 Å². The van der Waals surface area contributed by atoms with E-state index in [0.717, 1.165) is 12.1 Å². The minimum atomic E-state index is -2.87. The summed E-state index contributed by atoms with van der Waals surface area (Å²) in [5.74, 6) is -5.26. The van der Waals surface area contributed by atoms with Gasteiger partial charge >= 0.3 is 0 Å². The fraction of sp³-hybridized carbons (Fsp3) is 0.417. The summed E-state index contributed by atoms with van der Waals surface area (Å²) in [6.45, 7) is 4.00. The van der Waals surface area contributed by atoms with Gasteiger partial charge in [-0.2, -0.15) is 0 Å². The van der Waals surface area contributed by atoms with E-state index in [1.807, 2.05) is 13.8 Å². The Labute approximate surface area is 97.8 Å². The third kappa shape index (κ3) is 3.47. The Hall–Kier alpha value is -1.52. The number of rotatable bonds is 2. The van der Waals surface area contributed by atoms with Gasteiger partial charge in [0.2, 0.25) is 5.91 Å². The van der Waals surface area contributed by atoms with Crippen LogP contribution in [0.15, 0.2) is 24.3 Å². The van der Waals surface area contributed by atoms with Gasteiger partial charge in [0.15, 0.2) is 0 Å². The molecule has 0 aromatic heterocycles. The van der Waals surface area contributed by atoms with Crippen LogP contribution in [0.2, 0.25) is 0 Å². The first-order chi connectivity index (χ1) is 7.99. The van der Waals surface area contributed by atoms with Gasteiger partial charge in [-0.25, -0.2) is 13.2 Å². The maximum Gasteiger partial charge on any atom is 0.260 e. The summed E-state index contributed by atoms with van der Waals surface area (Å²) in [4.78, 5) is 11.2. The number of benzene rings is 1. The lowest BCUT2D eigenvalue weighted by Gasteiger charge is -2.03. The molecule has 5 heteroatoms. The summed E-state index contributed by atoms with van der Waals surface area (Å²) in [6, 6.07) is 4.96. The van der Waals surface area contributed by atoms with Crippen LogP contribution in [0.4, 0.5) is 18.9 Å². The molecule has 0 aliphatic heterocycles. The minimum absolute atomic E-state index is 0.323. The molecule has 2 nitrogen and oxygen atoms in total. The van der Waals surface area contributed by atoms with Crippen LogP contribution in [-0.4, -0.2) is 11.8 Å². The Morgan fingerprint density at radius 2 is 1.76 bits per heavy atom.